The van der Waals surface area contributed by atoms with E-state index in [0.29, 0.717) is 0 Å². The van der Waals surface area contributed by atoms with Gasteiger partial charge in [-0.05, 0) is 45.1 Å². The Kier molecular flexibility index (Phi) is 4.24. The van der Waals surface area contributed by atoms with Crippen molar-refractivity contribution in [1.29, 1.82) is 0 Å². The maximum Gasteiger partial charge on any atom is 0.00387 e. The third kappa shape index (κ3) is 3.68. The minimum absolute atomic E-state index is 0.754. The van der Waals surface area contributed by atoms with E-state index in [9.17, 15) is 0 Å². The largest absolute Gasteiger partial charge is 0.301 e. The van der Waals surface area contributed by atoms with Gasteiger partial charge < -0.3 is 4.90 Å². The Balaban J connectivity index is 2.17. The quantitative estimate of drug-likeness (QED) is 0.647. The van der Waals surface area contributed by atoms with Crippen LogP contribution >= 0.6 is 0 Å². The summed E-state index contributed by atoms with van der Waals surface area (Å²) >= 11 is 0. The molecule has 0 aromatic rings. The molecule has 0 saturated carbocycles. The molecule has 0 aromatic heterocycles. The van der Waals surface area contributed by atoms with E-state index in [0.717, 1.165) is 17.9 Å². The zero-order chi connectivity index (χ0) is 9.84. The molecule has 1 nitrogen and oxygen atoms in total. The van der Waals surface area contributed by atoms with Crippen LogP contribution < -0.4 is 0 Å². The van der Waals surface area contributed by atoms with Crippen molar-refractivity contribution in [3.8, 4) is 0 Å². The lowest BCUT2D eigenvalue weighted by Gasteiger charge is -2.20. The predicted octanol–water partition coefficient (Wildman–Crippen LogP) is 3.15. The van der Waals surface area contributed by atoms with Crippen LogP contribution in [0.3, 0.4) is 0 Å². The normalized spacial score (nSPS) is 24.9. The molecule has 0 bridgehead atoms. The summed E-state index contributed by atoms with van der Waals surface area (Å²) < 4.78 is 0. The Bertz CT molecular complexity index is 140. The highest BCUT2D eigenvalue weighted by molar-refractivity contribution is 4.77. The van der Waals surface area contributed by atoms with Gasteiger partial charge in [0.1, 0.15) is 0 Å². The first-order chi connectivity index (χ1) is 6.09. The summed E-state index contributed by atoms with van der Waals surface area (Å²) in [6.07, 6.45) is 4.29. The molecular weight excluding hydrogens is 158 g/mol. The van der Waals surface area contributed by atoms with Gasteiger partial charge in [-0.2, -0.15) is 0 Å². The summed E-state index contributed by atoms with van der Waals surface area (Å²) in [7, 11) is 0. The third-order valence-corrected chi connectivity index (χ3v) is 3.20. The minimum Gasteiger partial charge on any atom is -0.301 e. The molecule has 1 atom stereocenters. The topological polar surface area (TPSA) is 3.24 Å². The van der Waals surface area contributed by atoms with Gasteiger partial charge in [-0.15, -0.1) is 0 Å². The van der Waals surface area contributed by atoms with Crippen LogP contribution in [0.4, 0.5) is 0 Å². The van der Waals surface area contributed by atoms with Gasteiger partial charge in [0.15, 0.2) is 0 Å². The Morgan fingerprint density at radius 2 is 1.92 bits per heavy atom. The highest BCUT2D eigenvalue weighted by Gasteiger charge is 2.23. The second-order valence-corrected chi connectivity index (χ2v) is 5.21. The molecule has 13 heavy (non-hydrogen) atoms. The molecule has 1 aliphatic heterocycles. The lowest BCUT2D eigenvalue weighted by Crippen LogP contribution is -2.28. The van der Waals surface area contributed by atoms with Gasteiger partial charge in [0.2, 0.25) is 0 Å². The maximum atomic E-state index is 2.62. The molecule has 1 unspecified atom stereocenters. The van der Waals surface area contributed by atoms with E-state index >= 15 is 0 Å². The van der Waals surface area contributed by atoms with E-state index in [-0.39, 0.29) is 0 Å². The average molecular weight is 183 g/mol. The zero-order valence-electron chi connectivity index (χ0n) is 9.71. The van der Waals surface area contributed by atoms with Crippen LogP contribution in [-0.4, -0.2) is 24.0 Å². The molecule has 1 saturated heterocycles. The van der Waals surface area contributed by atoms with Crippen molar-refractivity contribution in [3.63, 3.8) is 0 Å². The van der Waals surface area contributed by atoms with Gasteiger partial charge in [-0.25, -0.2) is 0 Å². The fraction of sp³-hybridized carbons (Fsp3) is 1.00. The van der Waals surface area contributed by atoms with Crippen LogP contribution in [-0.2, 0) is 0 Å². The van der Waals surface area contributed by atoms with E-state index in [1.165, 1.54) is 32.4 Å². The van der Waals surface area contributed by atoms with Crippen molar-refractivity contribution in [1.82, 2.24) is 4.90 Å². The minimum atomic E-state index is 0.754. The Morgan fingerprint density at radius 1 is 1.23 bits per heavy atom. The molecule has 78 valence electrons. The van der Waals surface area contributed by atoms with E-state index in [1.54, 1.807) is 0 Å². The monoisotopic (exact) mass is 183 g/mol. The maximum absolute atomic E-state index is 2.62. The first-order valence-corrected chi connectivity index (χ1v) is 5.83. The van der Waals surface area contributed by atoms with Crippen LogP contribution in [0.1, 0.15) is 47.0 Å². The molecule has 1 rings (SSSR count). The van der Waals surface area contributed by atoms with Crippen LogP contribution in [0, 0.1) is 11.8 Å². The Labute approximate surface area is 83.5 Å². The highest BCUT2D eigenvalue weighted by atomic mass is 15.2. The molecule has 0 aliphatic carbocycles. The Hall–Kier alpha value is -0.0400. The molecule has 0 spiro atoms. The predicted molar refractivity (Wildman–Crippen MR) is 58.9 cm³/mol. The average Bonchev–Trinajstić information content (AvgIpc) is 2.48. The standard InChI is InChI=1S/C12H25N/c1-10(2)5-6-12-7-8-13(9-12)11(3)4/h10-12H,5-9H2,1-4H3. The number of hydrogen-bond acceptors (Lipinski definition) is 1. The van der Waals surface area contributed by atoms with Crippen molar-refractivity contribution >= 4 is 0 Å². The smallest absolute Gasteiger partial charge is 0.00387 e. The number of nitrogens with zero attached hydrogens (tertiary/aromatic N) is 1. The first kappa shape index (κ1) is 11.0. The van der Waals surface area contributed by atoms with Crippen molar-refractivity contribution < 1.29 is 0 Å². The van der Waals surface area contributed by atoms with E-state index in [1.807, 2.05) is 0 Å². The van der Waals surface area contributed by atoms with Crippen molar-refractivity contribution in [2.75, 3.05) is 13.1 Å². The SMILES string of the molecule is CC(C)CCC1CCN(C(C)C)C1. The summed E-state index contributed by atoms with van der Waals surface area (Å²) in [5.74, 6) is 1.87. The fourth-order valence-electron chi connectivity index (χ4n) is 2.14. The molecule has 1 aliphatic rings. The van der Waals surface area contributed by atoms with Gasteiger partial charge >= 0.3 is 0 Å². The summed E-state index contributed by atoms with van der Waals surface area (Å²) in [5.41, 5.74) is 0. The summed E-state index contributed by atoms with van der Waals surface area (Å²) in [5, 5.41) is 0. The van der Waals surface area contributed by atoms with E-state index < -0.39 is 0 Å². The second-order valence-electron chi connectivity index (χ2n) is 5.21. The number of rotatable bonds is 4. The second kappa shape index (κ2) is 4.99. The fourth-order valence-corrected chi connectivity index (χ4v) is 2.14. The number of likely N-dealkylation sites (tertiary alicyclic amines) is 1. The van der Waals surface area contributed by atoms with Gasteiger partial charge in [0.05, 0.1) is 0 Å². The molecule has 0 aromatic carbocycles. The van der Waals surface area contributed by atoms with Crippen LogP contribution in [0.15, 0.2) is 0 Å². The summed E-state index contributed by atoms with van der Waals surface area (Å²) in [6.45, 7) is 12.0. The molecule has 1 heteroatoms. The number of hydrogen-bond donors (Lipinski definition) is 0. The summed E-state index contributed by atoms with van der Waals surface area (Å²) in [4.78, 5) is 2.62. The van der Waals surface area contributed by atoms with E-state index in [4.69, 9.17) is 0 Å². The van der Waals surface area contributed by atoms with Crippen LogP contribution in [0.2, 0.25) is 0 Å². The zero-order valence-corrected chi connectivity index (χ0v) is 9.71. The molecular formula is C12H25N. The van der Waals surface area contributed by atoms with Crippen molar-refractivity contribution in [3.05, 3.63) is 0 Å². The van der Waals surface area contributed by atoms with Crippen molar-refractivity contribution in [2.45, 2.75) is 53.0 Å². The van der Waals surface area contributed by atoms with Crippen molar-refractivity contribution in [2.24, 2.45) is 11.8 Å². The molecule has 0 N–H and O–H groups in total. The Morgan fingerprint density at radius 3 is 2.38 bits per heavy atom. The first-order valence-electron chi connectivity index (χ1n) is 5.83. The summed E-state index contributed by atoms with van der Waals surface area (Å²) in [6, 6.07) is 0.754. The molecule has 1 fully saturated rings. The van der Waals surface area contributed by atoms with Gasteiger partial charge in [-0.1, -0.05) is 20.3 Å². The lowest BCUT2D eigenvalue weighted by molar-refractivity contribution is 0.261. The van der Waals surface area contributed by atoms with E-state index in [2.05, 4.69) is 32.6 Å². The van der Waals surface area contributed by atoms with Gasteiger partial charge in [0.25, 0.3) is 0 Å². The molecule has 0 amide bonds. The van der Waals surface area contributed by atoms with Crippen LogP contribution in [0.5, 0.6) is 0 Å². The highest BCUT2D eigenvalue weighted by Crippen LogP contribution is 2.24. The van der Waals surface area contributed by atoms with Gasteiger partial charge in [-0.3, -0.25) is 0 Å². The molecule has 1 heterocycles. The van der Waals surface area contributed by atoms with Crippen LogP contribution in [0.25, 0.3) is 0 Å². The van der Waals surface area contributed by atoms with Gasteiger partial charge in [0, 0.05) is 12.6 Å². The lowest BCUT2D eigenvalue weighted by atomic mass is 9.97. The third-order valence-electron chi connectivity index (χ3n) is 3.20. The molecule has 0 radical (unpaired) electrons.